The smallest absolute Gasteiger partial charge is 0.253 e. The molecule has 0 saturated heterocycles. The number of carbonyl (C=O) groups excluding carboxylic acids is 2. The number of amides is 2. The first kappa shape index (κ1) is 14.4. The number of hydrogen-bond donors (Lipinski definition) is 3. The largest absolute Gasteiger partial charge is 0.387 e. The van der Waals surface area contributed by atoms with Crippen molar-refractivity contribution in [2.75, 3.05) is 18.9 Å². The van der Waals surface area contributed by atoms with Crippen LogP contribution in [0.1, 0.15) is 35.2 Å². The minimum atomic E-state index is -0.155. The van der Waals surface area contributed by atoms with Crippen molar-refractivity contribution in [3.63, 3.8) is 0 Å². The summed E-state index contributed by atoms with van der Waals surface area (Å²) >= 11 is 0. The molecule has 108 valence electrons. The lowest BCUT2D eigenvalue weighted by Gasteiger charge is -2.10. The van der Waals surface area contributed by atoms with E-state index in [1.165, 1.54) is 0 Å². The number of aryl methyl sites for hydroxylation is 1. The molecule has 0 radical (unpaired) electrons. The molecule has 0 aliphatic heterocycles. The van der Waals surface area contributed by atoms with E-state index in [0.29, 0.717) is 24.6 Å². The van der Waals surface area contributed by atoms with Crippen LogP contribution in [0.2, 0.25) is 0 Å². The SMILES string of the molecule is CNc1ccc(C)cc1C(=O)NCCC(=O)NC1CC1. The number of carbonyl (C=O) groups is 2. The molecule has 1 fully saturated rings. The number of rotatable bonds is 6. The summed E-state index contributed by atoms with van der Waals surface area (Å²) in [6, 6.07) is 6.03. The Labute approximate surface area is 119 Å². The van der Waals surface area contributed by atoms with Crippen molar-refractivity contribution in [1.29, 1.82) is 0 Å². The van der Waals surface area contributed by atoms with Crippen LogP contribution in [-0.4, -0.2) is 31.4 Å². The maximum atomic E-state index is 12.1. The van der Waals surface area contributed by atoms with Gasteiger partial charge in [-0.25, -0.2) is 0 Å². The van der Waals surface area contributed by atoms with Crippen LogP contribution < -0.4 is 16.0 Å². The lowest BCUT2D eigenvalue weighted by Crippen LogP contribution is -2.32. The Morgan fingerprint density at radius 1 is 1.30 bits per heavy atom. The number of nitrogens with one attached hydrogen (secondary N) is 3. The Morgan fingerprint density at radius 3 is 2.70 bits per heavy atom. The predicted octanol–water partition coefficient (Wildman–Crippen LogP) is 1.44. The Balaban J connectivity index is 1.84. The van der Waals surface area contributed by atoms with Crippen LogP contribution in [0.25, 0.3) is 0 Å². The van der Waals surface area contributed by atoms with Crippen LogP contribution in [-0.2, 0) is 4.79 Å². The zero-order valence-corrected chi connectivity index (χ0v) is 12.0. The molecule has 1 aliphatic carbocycles. The summed E-state index contributed by atoms with van der Waals surface area (Å²) in [5, 5.41) is 8.68. The van der Waals surface area contributed by atoms with E-state index in [4.69, 9.17) is 0 Å². The van der Waals surface area contributed by atoms with E-state index in [1.54, 1.807) is 7.05 Å². The summed E-state index contributed by atoms with van der Waals surface area (Å²) in [6.07, 6.45) is 2.47. The van der Waals surface area contributed by atoms with Gasteiger partial charge in [-0.15, -0.1) is 0 Å². The van der Waals surface area contributed by atoms with Gasteiger partial charge in [0.05, 0.1) is 5.56 Å². The van der Waals surface area contributed by atoms with Crippen molar-refractivity contribution in [3.8, 4) is 0 Å². The number of benzene rings is 1. The molecule has 1 aromatic rings. The van der Waals surface area contributed by atoms with E-state index in [2.05, 4.69) is 16.0 Å². The summed E-state index contributed by atoms with van der Waals surface area (Å²) < 4.78 is 0. The minimum Gasteiger partial charge on any atom is -0.387 e. The van der Waals surface area contributed by atoms with Gasteiger partial charge in [-0.05, 0) is 31.9 Å². The third-order valence-electron chi connectivity index (χ3n) is 3.27. The molecule has 1 saturated carbocycles. The van der Waals surface area contributed by atoms with Gasteiger partial charge in [-0.1, -0.05) is 11.6 Å². The van der Waals surface area contributed by atoms with Gasteiger partial charge in [-0.2, -0.15) is 0 Å². The Kier molecular flexibility index (Phi) is 4.61. The summed E-state index contributed by atoms with van der Waals surface area (Å²) in [5.41, 5.74) is 2.42. The van der Waals surface area contributed by atoms with E-state index < -0.39 is 0 Å². The van der Waals surface area contributed by atoms with Gasteiger partial charge in [-0.3, -0.25) is 9.59 Å². The highest BCUT2D eigenvalue weighted by Gasteiger charge is 2.22. The Bertz CT molecular complexity index is 510. The van der Waals surface area contributed by atoms with Gasteiger partial charge in [0.15, 0.2) is 0 Å². The third kappa shape index (κ3) is 3.98. The highest BCUT2D eigenvalue weighted by Crippen LogP contribution is 2.18. The van der Waals surface area contributed by atoms with Crippen LogP contribution in [0.5, 0.6) is 0 Å². The zero-order chi connectivity index (χ0) is 14.5. The molecule has 3 N–H and O–H groups in total. The molecular formula is C15H21N3O2. The van der Waals surface area contributed by atoms with Gasteiger partial charge in [0.2, 0.25) is 5.91 Å². The van der Waals surface area contributed by atoms with Gasteiger partial charge in [0, 0.05) is 31.7 Å². The molecule has 2 amide bonds. The lowest BCUT2D eigenvalue weighted by atomic mass is 10.1. The van der Waals surface area contributed by atoms with E-state index in [-0.39, 0.29) is 11.8 Å². The van der Waals surface area contributed by atoms with E-state index >= 15 is 0 Å². The maximum Gasteiger partial charge on any atom is 0.253 e. The molecule has 2 rings (SSSR count). The first-order chi connectivity index (χ1) is 9.60. The van der Waals surface area contributed by atoms with Crippen molar-refractivity contribution >= 4 is 17.5 Å². The average Bonchev–Trinajstić information content (AvgIpc) is 3.22. The topological polar surface area (TPSA) is 70.2 Å². The second-order valence-corrected chi connectivity index (χ2v) is 5.15. The zero-order valence-electron chi connectivity index (χ0n) is 12.0. The summed E-state index contributed by atoms with van der Waals surface area (Å²) in [5.74, 6) is -0.150. The van der Waals surface area contributed by atoms with Crippen LogP contribution in [0.15, 0.2) is 18.2 Å². The molecule has 0 atom stereocenters. The van der Waals surface area contributed by atoms with Crippen LogP contribution in [0, 0.1) is 6.92 Å². The average molecular weight is 275 g/mol. The molecule has 20 heavy (non-hydrogen) atoms. The summed E-state index contributed by atoms with van der Waals surface area (Å²) in [7, 11) is 1.78. The standard InChI is InChI=1S/C15H21N3O2/c1-10-3-6-13(16-2)12(9-10)15(20)17-8-7-14(19)18-11-4-5-11/h3,6,9,11,16H,4-5,7-8H2,1-2H3,(H,17,20)(H,18,19). The van der Waals surface area contributed by atoms with Crippen molar-refractivity contribution in [2.45, 2.75) is 32.2 Å². The molecule has 0 unspecified atom stereocenters. The second kappa shape index (κ2) is 6.41. The second-order valence-electron chi connectivity index (χ2n) is 5.15. The summed E-state index contributed by atoms with van der Waals surface area (Å²) in [4.78, 5) is 23.6. The molecule has 0 spiro atoms. The van der Waals surface area contributed by atoms with Gasteiger partial charge in [0.25, 0.3) is 5.91 Å². The van der Waals surface area contributed by atoms with E-state index in [0.717, 1.165) is 24.1 Å². The predicted molar refractivity (Wildman–Crippen MR) is 78.8 cm³/mol. The fourth-order valence-electron chi connectivity index (χ4n) is 1.98. The minimum absolute atomic E-state index is 0.00545. The normalized spacial score (nSPS) is 13.7. The number of anilines is 1. The lowest BCUT2D eigenvalue weighted by molar-refractivity contribution is -0.121. The fraction of sp³-hybridized carbons (Fsp3) is 0.467. The van der Waals surface area contributed by atoms with Crippen LogP contribution >= 0.6 is 0 Å². The Morgan fingerprint density at radius 2 is 2.05 bits per heavy atom. The third-order valence-corrected chi connectivity index (χ3v) is 3.27. The number of hydrogen-bond acceptors (Lipinski definition) is 3. The van der Waals surface area contributed by atoms with Crippen molar-refractivity contribution in [1.82, 2.24) is 10.6 Å². The van der Waals surface area contributed by atoms with Crippen LogP contribution in [0.3, 0.4) is 0 Å². The summed E-state index contributed by atoms with van der Waals surface area (Å²) in [6.45, 7) is 2.30. The molecule has 5 nitrogen and oxygen atoms in total. The molecule has 1 aromatic carbocycles. The van der Waals surface area contributed by atoms with Crippen LogP contribution in [0.4, 0.5) is 5.69 Å². The monoisotopic (exact) mass is 275 g/mol. The van der Waals surface area contributed by atoms with Crippen molar-refractivity contribution in [2.24, 2.45) is 0 Å². The van der Waals surface area contributed by atoms with Gasteiger partial charge in [0.1, 0.15) is 0 Å². The van der Waals surface area contributed by atoms with Crippen molar-refractivity contribution in [3.05, 3.63) is 29.3 Å². The molecule has 1 aliphatic rings. The Hall–Kier alpha value is -2.04. The van der Waals surface area contributed by atoms with Gasteiger partial charge < -0.3 is 16.0 Å². The quantitative estimate of drug-likeness (QED) is 0.735. The fourth-order valence-corrected chi connectivity index (χ4v) is 1.98. The van der Waals surface area contributed by atoms with E-state index in [9.17, 15) is 9.59 Å². The molecule has 0 heterocycles. The van der Waals surface area contributed by atoms with E-state index in [1.807, 2.05) is 25.1 Å². The molecule has 5 heteroatoms. The first-order valence-corrected chi connectivity index (χ1v) is 6.96. The first-order valence-electron chi connectivity index (χ1n) is 6.96. The molecule has 0 aromatic heterocycles. The highest BCUT2D eigenvalue weighted by molar-refractivity contribution is 6.00. The highest BCUT2D eigenvalue weighted by atomic mass is 16.2. The molecular weight excluding hydrogens is 254 g/mol. The van der Waals surface area contributed by atoms with Crippen molar-refractivity contribution < 1.29 is 9.59 Å². The maximum absolute atomic E-state index is 12.1. The van der Waals surface area contributed by atoms with Gasteiger partial charge >= 0.3 is 0 Å². The molecule has 0 bridgehead atoms.